The van der Waals surface area contributed by atoms with E-state index in [1.54, 1.807) is 19.1 Å². The van der Waals surface area contributed by atoms with Gasteiger partial charge >= 0.3 is 5.97 Å². The van der Waals surface area contributed by atoms with Crippen molar-refractivity contribution >= 4 is 11.5 Å². The number of aliphatic carboxylic acids is 1. The maximum absolute atomic E-state index is 11.8. The summed E-state index contributed by atoms with van der Waals surface area (Å²) in [5.41, 5.74) is 5.74. The van der Waals surface area contributed by atoms with Gasteiger partial charge in [0, 0.05) is 6.61 Å². The van der Waals surface area contributed by atoms with Gasteiger partial charge in [0.15, 0.2) is 5.60 Å². The molecule has 1 N–H and O–H groups in total. The van der Waals surface area contributed by atoms with E-state index in [0.29, 0.717) is 18.8 Å². The highest BCUT2D eigenvalue weighted by atomic mass is 16.5. The van der Waals surface area contributed by atoms with Gasteiger partial charge in [0.2, 0.25) is 0 Å². The first kappa shape index (κ1) is 22.8. The van der Waals surface area contributed by atoms with E-state index < -0.39 is 11.6 Å². The first-order valence-electron chi connectivity index (χ1n) is 11.5. The van der Waals surface area contributed by atoms with E-state index in [0.717, 1.165) is 25.0 Å². The molecule has 0 aromatic heterocycles. The predicted molar refractivity (Wildman–Crippen MR) is 131 cm³/mol. The molecule has 170 valence electrons. The Hall–Kier alpha value is -3.37. The van der Waals surface area contributed by atoms with E-state index in [2.05, 4.69) is 54.6 Å². The lowest BCUT2D eigenvalue weighted by atomic mass is 9.96. The molecule has 1 unspecified atom stereocenters. The zero-order valence-electron chi connectivity index (χ0n) is 19.2. The Balaban J connectivity index is 1.35. The maximum Gasteiger partial charge on any atom is 0.340 e. The number of hydrogen-bond acceptors (Lipinski definition) is 3. The number of hydrogen-bond donors (Lipinski definition) is 1. The second-order valence-electron chi connectivity index (χ2n) is 8.41. The van der Waals surface area contributed by atoms with Gasteiger partial charge in [-0.3, -0.25) is 0 Å². The van der Waals surface area contributed by atoms with Crippen molar-refractivity contribution < 1.29 is 19.4 Å². The molecule has 0 bridgehead atoms. The number of benzene rings is 3. The summed E-state index contributed by atoms with van der Waals surface area (Å²) >= 11 is 0. The number of unbranched alkanes of at least 4 members (excludes halogenated alkanes) is 1. The van der Waals surface area contributed by atoms with Crippen LogP contribution in [0.3, 0.4) is 0 Å². The van der Waals surface area contributed by atoms with Crippen molar-refractivity contribution in [2.75, 3.05) is 13.2 Å². The summed E-state index contributed by atoms with van der Waals surface area (Å²) in [5.74, 6) is -0.265. The van der Waals surface area contributed by atoms with Crippen molar-refractivity contribution in [1.29, 1.82) is 0 Å². The minimum Gasteiger partial charge on any atom is -0.494 e. The van der Waals surface area contributed by atoms with Crippen molar-refractivity contribution in [3.05, 3.63) is 95.6 Å². The Morgan fingerprint density at radius 1 is 0.879 bits per heavy atom. The van der Waals surface area contributed by atoms with Crippen molar-refractivity contribution in [3.63, 3.8) is 0 Å². The highest BCUT2D eigenvalue weighted by Crippen LogP contribution is 2.44. The van der Waals surface area contributed by atoms with Crippen molar-refractivity contribution in [2.24, 2.45) is 0 Å². The minimum atomic E-state index is -1.35. The Kier molecular flexibility index (Phi) is 6.95. The Bertz CT molecular complexity index is 1100. The average Bonchev–Trinajstić information content (AvgIpc) is 3.16. The normalized spacial score (nSPS) is 13.7. The molecule has 1 atom stereocenters. The van der Waals surface area contributed by atoms with Crippen LogP contribution in [0.25, 0.3) is 16.7 Å². The monoisotopic (exact) mass is 442 g/mol. The molecule has 4 heteroatoms. The van der Waals surface area contributed by atoms with E-state index >= 15 is 0 Å². The summed E-state index contributed by atoms with van der Waals surface area (Å²) < 4.78 is 11.5. The molecule has 3 aromatic carbocycles. The van der Waals surface area contributed by atoms with Crippen LogP contribution in [0.5, 0.6) is 5.75 Å². The molecule has 1 aliphatic rings. The van der Waals surface area contributed by atoms with Gasteiger partial charge in [0.05, 0.1) is 6.61 Å². The first-order valence-corrected chi connectivity index (χ1v) is 11.5. The van der Waals surface area contributed by atoms with Crippen LogP contribution < -0.4 is 4.74 Å². The standard InChI is InChI=1S/C29H30O4/c1-3-19-33-29(2,28(30)31)21-15-17-22(18-16-21)32-20-9-8-14-27-25-12-6-4-10-23(25)24-11-5-7-13-26(24)27/h4-7,10-18H,3,8-9,19-20H2,1-2H3,(H,30,31). The molecule has 4 nitrogen and oxygen atoms in total. The molecule has 0 radical (unpaired) electrons. The molecule has 0 saturated carbocycles. The lowest BCUT2D eigenvalue weighted by Gasteiger charge is -2.25. The molecule has 4 rings (SSSR count). The van der Waals surface area contributed by atoms with Crippen LogP contribution in [0, 0.1) is 0 Å². The third-order valence-electron chi connectivity index (χ3n) is 6.10. The summed E-state index contributed by atoms with van der Waals surface area (Å²) in [5, 5.41) is 9.63. The molecule has 0 heterocycles. The summed E-state index contributed by atoms with van der Waals surface area (Å²) in [6.07, 6.45) is 4.87. The third-order valence-corrected chi connectivity index (χ3v) is 6.10. The number of carboxylic acids is 1. The molecular weight excluding hydrogens is 412 g/mol. The fraction of sp³-hybridized carbons (Fsp3) is 0.276. The Morgan fingerprint density at radius 3 is 2.00 bits per heavy atom. The van der Waals surface area contributed by atoms with Crippen LogP contribution in [-0.4, -0.2) is 24.3 Å². The van der Waals surface area contributed by atoms with Gasteiger partial charge in [-0.15, -0.1) is 0 Å². The van der Waals surface area contributed by atoms with Gasteiger partial charge < -0.3 is 14.6 Å². The third kappa shape index (κ3) is 4.71. The van der Waals surface area contributed by atoms with Gasteiger partial charge in [-0.1, -0.05) is 73.7 Å². The van der Waals surface area contributed by atoms with Crippen molar-refractivity contribution in [2.45, 2.75) is 38.7 Å². The van der Waals surface area contributed by atoms with Gasteiger partial charge in [-0.25, -0.2) is 4.79 Å². The van der Waals surface area contributed by atoms with Gasteiger partial charge in [-0.2, -0.15) is 0 Å². The largest absolute Gasteiger partial charge is 0.494 e. The lowest BCUT2D eigenvalue weighted by Crippen LogP contribution is -2.35. The van der Waals surface area contributed by atoms with E-state index in [4.69, 9.17) is 9.47 Å². The fourth-order valence-electron chi connectivity index (χ4n) is 4.23. The van der Waals surface area contributed by atoms with Crippen molar-refractivity contribution in [3.8, 4) is 16.9 Å². The second kappa shape index (κ2) is 10.1. The van der Waals surface area contributed by atoms with Gasteiger partial charge in [0.25, 0.3) is 0 Å². The number of carbonyl (C=O) groups is 1. The molecule has 0 saturated heterocycles. The molecule has 0 spiro atoms. The number of fused-ring (bicyclic) bond motifs is 3. The zero-order valence-corrected chi connectivity index (χ0v) is 19.2. The molecule has 33 heavy (non-hydrogen) atoms. The SMILES string of the molecule is CCCOC(C)(C(=O)O)c1ccc(OCCCC=C2c3ccccc3-c3ccccc32)cc1. The molecular formula is C29H30O4. The van der Waals surface area contributed by atoms with Crippen molar-refractivity contribution in [1.82, 2.24) is 0 Å². The summed E-state index contributed by atoms with van der Waals surface area (Å²) in [4.78, 5) is 11.8. The van der Waals surface area contributed by atoms with Gasteiger partial charge in [-0.05, 0) is 71.7 Å². The first-order chi connectivity index (χ1) is 16.0. The fourth-order valence-corrected chi connectivity index (χ4v) is 4.23. The topological polar surface area (TPSA) is 55.8 Å². The number of carboxylic acid groups (broad SMARTS) is 1. The number of ether oxygens (including phenoxy) is 2. The highest BCUT2D eigenvalue weighted by molar-refractivity contribution is 6.01. The average molecular weight is 443 g/mol. The van der Waals surface area contributed by atoms with Crippen LogP contribution in [0.15, 0.2) is 78.9 Å². The van der Waals surface area contributed by atoms with E-state index in [9.17, 15) is 9.90 Å². The smallest absolute Gasteiger partial charge is 0.340 e. The molecule has 3 aromatic rings. The maximum atomic E-state index is 11.8. The minimum absolute atomic E-state index is 0.394. The molecule has 1 aliphatic carbocycles. The zero-order chi connectivity index (χ0) is 23.3. The van der Waals surface area contributed by atoms with Crippen LogP contribution in [0.4, 0.5) is 0 Å². The summed E-state index contributed by atoms with van der Waals surface area (Å²) in [6, 6.07) is 24.3. The van der Waals surface area contributed by atoms with E-state index in [-0.39, 0.29) is 0 Å². The van der Waals surface area contributed by atoms with Crippen LogP contribution >= 0.6 is 0 Å². The number of allylic oxidation sites excluding steroid dienone is 1. The molecule has 0 fully saturated rings. The Morgan fingerprint density at radius 2 is 1.45 bits per heavy atom. The quantitative estimate of drug-likeness (QED) is 0.278. The number of rotatable bonds is 10. The van der Waals surface area contributed by atoms with E-state index in [1.165, 1.54) is 27.8 Å². The summed E-state index contributed by atoms with van der Waals surface area (Å²) in [7, 11) is 0. The van der Waals surface area contributed by atoms with Crippen LogP contribution in [0.2, 0.25) is 0 Å². The highest BCUT2D eigenvalue weighted by Gasteiger charge is 2.36. The molecule has 0 aliphatic heterocycles. The molecule has 0 amide bonds. The van der Waals surface area contributed by atoms with Gasteiger partial charge in [0.1, 0.15) is 5.75 Å². The van der Waals surface area contributed by atoms with E-state index in [1.807, 2.05) is 19.1 Å². The van der Waals surface area contributed by atoms with Crippen LogP contribution in [0.1, 0.15) is 49.8 Å². The predicted octanol–water partition coefficient (Wildman–Crippen LogP) is 6.68. The second-order valence-corrected chi connectivity index (χ2v) is 8.41. The summed E-state index contributed by atoms with van der Waals surface area (Å²) in [6.45, 7) is 4.54. The Labute approximate surface area is 195 Å². The lowest BCUT2D eigenvalue weighted by molar-refractivity contribution is -0.165. The van der Waals surface area contributed by atoms with Crippen LogP contribution in [-0.2, 0) is 15.1 Å².